The van der Waals surface area contributed by atoms with Crippen LogP contribution in [0.2, 0.25) is 0 Å². The third kappa shape index (κ3) is 4.81. The van der Waals surface area contributed by atoms with E-state index in [1.54, 1.807) is 0 Å². The van der Waals surface area contributed by atoms with E-state index in [1.165, 1.54) is 0 Å². The number of Topliss-reactive ketones (excluding diaryl/α,β-unsaturated/α-hetero) is 2. The Bertz CT molecular complexity index is 169. The van der Waals surface area contributed by atoms with Crippen LogP contribution in [0, 0.1) is 5.92 Å². The van der Waals surface area contributed by atoms with Gasteiger partial charge in [-0.25, -0.2) is 0 Å². The summed E-state index contributed by atoms with van der Waals surface area (Å²) in [5, 5.41) is 0. The van der Waals surface area contributed by atoms with E-state index in [9.17, 15) is 9.59 Å². The lowest BCUT2D eigenvalue weighted by molar-refractivity contribution is -0.126. The normalized spacial score (nSPS) is 10.5. The first-order valence-corrected chi connectivity index (χ1v) is 5.20. The summed E-state index contributed by atoms with van der Waals surface area (Å²) in [6, 6.07) is 0. The Morgan fingerprint density at radius 1 is 1.00 bits per heavy atom. The molecule has 0 saturated heterocycles. The second-order valence-electron chi connectivity index (χ2n) is 3.37. The van der Waals surface area contributed by atoms with Gasteiger partial charge in [0, 0.05) is 25.2 Å². The highest BCUT2D eigenvalue weighted by molar-refractivity contribution is 5.87. The maximum atomic E-state index is 11.5. The zero-order valence-electron chi connectivity index (χ0n) is 8.93. The van der Waals surface area contributed by atoms with Gasteiger partial charge in [0.25, 0.3) is 0 Å². The van der Waals surface area contributed by atoms with Gasteiger partial charge in [-0.2, -0.15) is 0 Å². The van der Waals surface area contributed by atoms with Crippen molar-refractivity contribution in [2.45, 2.75) is 52.9 Å². The minimum Gasteiger partial charge on any atom is -0.300 e. The molecule has 0 radical (unpaired) electrons. The summed E-state index contributed by atoms with van der Waals surface area (Å²) in [4.78, 5) is 22.4. The molecule has 0 rings (SSSR count). The van der Waals surface area contributed by atoms with E-state index < -0.39 is 0 Å². The Kier molecular flexibility index (Phi) is 6.47. The van der Waals surface area contributed by atoms with Crippen LogP contribution in [0.3, 0.4) is 0 Å². The molecule has 0 bridgehead atoms. The number of rotatable bonds is 7. The molecule has 76 valence electrons. The predicted octanol–water partition coefficient (Wildman–Crippen LogP) is 2.75. The summed E-state index contributed by atoms with van der Waals surface area (Å²) >= 11 is 0. The molecule has 2 nitrogen and oxygen atoms in total. The van der Waals surface area contributed by atoms with E-state index >= 15 is 0 Å². The van der Waals surface area contributed by atoms with Gasteiger partial charge >= 0.3 is 0 Å². The van der Waals surface area contributed by atoms with Crippen LogP contribution in [-0.4, -0.2) is 11.6 Å². The highest BCUT2D eigenvalue weighted by Crippen LogP contribution is 2.12. The van der Waals surface area contributed by atoms with E-state index in [4.69, 9.17) is 0 Å². The number of carbonyl (C=O) groups excluding carboxylic acids is 2. The first-order chi connectivity index (χ1) is 6.15. The first kappa shape index (κ1) is 12.3. The molecule has 0 aromatic rings. The van der Waals surface area contributed by atoms with Gasteiger partial charge in [-0.15, -0.1) is 0 Å². The molecule has 13 heavy (non-hydrogen) atoms. The minimum absolute atomic E-state index is 0.171. The largest absolute Gasteiger partial charge is 0.300 e. The summed E-state index contributed by atoms with van der Waals surface area (Å²) in [6.07, 6.45) is 3.23. The van der Waals surface area contributed by atoms with Crippen molar-refractivity contribution < 1.29 is 9.59 Å². The van der Waals surface area contributed by atoms with Gasteiger partial charge in [-0.05, 0) is 12.8 Å². The van der Waals surface area contributed by atoms with Gasteiger partial charge in [-0.1, -0.05) is 20.8 Å². The average molecular weight is 184 g/mol. The zero-order chi connectivity index (χ0) is 10.3. The molecule has 0 heterocycles. The van der Waals surface area contributed by atoms with E-state index in [0.29, 0.717) is 19.3 Å². The molecule has 2 heteroatoms. The Labute approximate surface area is 80.7 Å². The van der Waals surface area contributed by atoms with Crippen molar-refractivity contribution in [3.63, 3.8) is 0 Å². The van der Waals surface area contributed by atoms with Crippen LogP contribution in [0.5, 0.6) is 0 Å². The van der Waals surface area contributed by atoms with Crippen LogP contribution in [0.25, 0.3) is 0 Å². The van der Waals surface area contributed by atoms with E-state index in [2.05, 4.69) is 0 Å². The van der Waals surface area contributed by atoms with Crippen LogP contribution >= 0.6 is 0 Å². The Hall–Kier alpha value is -0.660. The third-order valence-electron chi connectivity index (χ3n) is 2.49. The van der Waals surface area contributed by atoms with Crippen molar-refractivity contribution >= 4 is 11.6 Å². The quantitative estimate of drug-likeness (QED) is 0.609. The second-order valence-corrected chi connectivity index (χ2v) is 3.37. The number of hydrogen-bond donors (Lipinski definition) is 0. The fourth-order valence-electron chi connectivity index (χ4n) is 1.39. The lowest BCUT2D eigenvalue weighted by Gasteiger charge is -2.09. The second kappa shape index (κ2) is 6.81. The highest BCUT2D eigenvalue weighted by Gasteiger charge is 2.14. The molecule has 0 unspecified atom stereocenters. The number of hydrogen-bond acceptors (Lipinski definition) is 2. The van der Waals surface area contributed by atoms with Gasteiger partial charge < -0.3 is 0 Å². The molecular weight excluding hydrogens is 164 g/mol. The molecule has 0 N–H and O–H groups in total. The van der Waals surface area contributed by atoms with E-state index in [0.717, 1.165) is 12.8 Å². The standard InChI is InChI=1S/C11H20O2/c1-4-9(5-2)11(13)8-7-10(12)6-3/h9H,4-8H2,1-3H3. The molecule has 0 atom stereocenters. The fraction of sp³-hybridized carbons (Fsp3) is 0.818. The summed E-state index contributed by atoms with van der Waals surface area (Å²) in [6.45, 7) is 5.88. The zero-order valence-corrected chi connectivity index (χ0v) is 8.93. The van der Waals surface area contributed by atoms with Gasteiger partial charge in [0.15, 0.2) is 0 Å². The smallest absolute Gasteiger partial charge is 0.136 e. The predicted molar refractivity (Wildman–Crippen MR) is 53.6 cm³/mol. The first-order valence-electron chi connectivity index (χ1n) is 5.20. The lowest BCUT2D eigenvalue weighted by Crippen LogP contribution is -2.13. The lowest BCUT2D eigenvalue weighted by atomic mass is 9.94. The Balaban J connectivity index is 3.79. The van der Waals surface area contributed by atoms with Crippen LogP contribution in [0.15, 0.2) is 0 Å². The molecule has 0 aliphatic heterocycles. The molecule has 0 saturated carbocycles. The number of carbonyl (C=O) groups is 2. The van der Waals surface area contributed by atoms with Crippen molar-refractivity contribution in [2.75, 3.05) is 0 Å². The molecule has 0 aliphatic rings. The molecule has 0 aromatic carbocycles. The van der Waals surface area contributed by atoms with Gasteiger partial charge in [0.05, 0.1) is 0 Å². The third-order valence-corrected chi connectivity index (χ3v) is 2.49. The summed E-state index contributed by atoms with van der Waals surface area (Å²) in [5.41, 5.74) is 0. The van der Waals surface area contributed by atoms with Gasteiger partial charge in [0.1, 0.15) is 11.6 Å². The van der Waals surface area contributed by atoms with Crippen molar-refractivity contribution in [2.24, 2.45) is 5.92 Å². The molecule has 0 aliphatic carbocycles. The summed E-state index contributed by atoms with van der Waals surface area (Å²) < 4.78 is 0. The van der Waals surface area contributed by atoms with Crippen LogP contribution in [0.1, 0.15) is 52.9 Å². The van der Waals surface area contributed by atoms with Crippen LogP contribution in [0.4, 0.5) is 0 Å². The molecular formula is C11H20O2. The summed E-state index contributed by atoms with van der Waals surface area (Å²) in [5.74, 6) is 0.621. The molecule has 0 spiro atoms. The van der Waals surface area contributed by atoms with Crippen molar-refractivity contribution in [1.29, 1.82) is 0 Å². The highest BCUT2D eigenvalue weighted by atomic mass is 16.1. The molecule has 0 aromatic heterocycles. The van der Waals surface area contributed by atoms with Crippen molar-refractivity contribution in [3.8, 4) is 0 Å². The topological polar surface area (TPSA) is 34.1 Å². The van der Waals surface area contributed by atoms with Gasteiger partial charge in [0.2, 0.25) is 0 Å². The number of ketones is 2. The van der Waals surface area contributed by atoms with Crippen LogP contribution < -0.4 is 0 Å². The van der Waals surface area contributed by atoms with Crippen molar-refractivity contribution in [1.82, 2.24) is 0 Å². The maximum Gasteiger partial charge on any atom is 0.136 e. The SMILES string of the molecule is CCC(=O)CCC(=O)C(CC)CC. The molecule has 0 fully saturated rings. The van der Waals surface area contributed by atoms with E-state index in [-0.39, 0.29) is 17.5 Å². The monoisotopic (exact) mass is 184 g/mol. The van der Waals surface area contributed by atoms with Crippen molar-refractivity contribution in [3.05, 3.63) is 0 Å². The Morgan fingerprint density at radius 3 is 1.92 bits per heavy atom. The summed E-state index contributed by atoms with van der Waals surface area (Å²) in [7, 11) is 0. The average Bonchev–Trinajstić information content (AvgIpc) is 2.16. The van der Waals surface area contributed by atoms with Gasteiger partial charge in [-0.3, -0.25) is 9.59 Å². The fourth-order valence-corrected chi connectivity index (χ4v) is 1.39. The van der Waals surface area contributed by atoms with E-state index in [1.807, 2.05) is 20.8 Å². The minimum atomic E-state index is 0.171. The Morgan fingerprint density at radius 2 is 1.54 bits per heavy atom. The molecule has 0 amide bonds. The maximum absolute atomic E-state index is 11.5. The van der Waals surface area contributed by atoms with Crippen LogP contribution in [-0.2, 0) is 9.59 Å².